The molecule has 1 saturated heterocycles. The first-order valence-electron chi connectivity index (χ1n) is 10.5. The first-order chi connectivity index (χ1) is 15.2. The summed E-state index contributed by atoms with van der Waals surface area (Å²) in [7, 11) is 0. The Kier molecular flexibility index (Phi) is 5.50. The molecule has 0 unspecified atom stereocenters. The minimum Gasteiger partial charge on any atom is -0.451 e. The number of hydrogen-bond donors (Lipinski definition) is 1. The molecule has 0 aliphatic carbocycles. The Hall–Kier alpha value is -3.07. The summed E-state index contributed by atoms with van der Waals surface area (Å²) in [5.74, 6) is 1.04. The standard InChI is InChI=1S/C22H24N6O2S/c1-31-22-25-19(27-10-5-2-6-11-27)16-14-24-28(20(16)26-22)12-9-23-21(29)18-13-15-7-3-4-8-17(15)30-18/h3-4,7-8,13-14H,2,5-6,9-12H2,1H3,(H,23,29). The van der Waals surface area contributed by atoms with Gasteiger partial charge in [0.1, 0.15) is 11.4 Å². The van der Waals surface area contributed by atoms with Gasteiger partial charge < -0.3 is 14.6 Å². The third-order valence-corrected chi connectivity index (χ3v) is 6.10. The molecule has 8 nitrogen and oxygen atoms in total. The molecular formula is C22H24N6O2S. The minimum absolute atomic E-state index is 0.235. The molecule has 0 radical (unpaired) electrons. The van der Waals surface area contributed by atoms with Crippen molar-refractivity contribution in [2.45, 2.75) is 31.0 Å². The van der Waals surface area contributed by atoms with Crippen molar-refractivity contribution < 1.29 is 9.21 Å². The van der Waals surface area contributed by atoms with Crippen LogP contribution < -0.4 is 10.2 Å². The SMILES string of the molecule is CSc1nc(N2CCCCC2)c2cnn(CCNC(=O)c3cc4ccccc4o3)c2n1. The van der Waals surface area contributed by atoms with Crippen molar-refractivity contribution in [3.8, 4) is 0 Å². The summed E-state index contributed by atoms with van der Waals surface area (Å²) >= 11 is 1.53. The van der Waals surface area contributed by atoms with Gasteiger partial charge in [0.25, 0.3) is 5.91 Å². The highest BCUT2D eigenvalue weighted by molar-refractivity contribution is 7.98. The number of carbonyl (C=O) groups excluding carboxylic acids is 1. The van der Waals surface area contributed by atoms with Gasteiger partial charge in [-0.15, -0.1) is 0 Å². The molecule has 4 aromatic rings. The van der Waals surface area contributed by atoms with E-state index in [1.807, 2.05) is 41.4 Å². The zero-order valence-electron chi connectivity index (χ0n) is 17.4. The summed E-state index contributed by atoms with van der Waals surface area (Å²) in [4.78, 5) is 24.3. The summed E-state index contributed by atoms with van der Waals surface area (Å²) < 4.78 is 7.47. The third kappa shape index (κ3) is 3.97. The number of benzene rings is 1. The lowest BCUT2D eigenvalue weighted by Gasteiger charge is -2.28. The van der Waals surface area contributed by atoms with Crippen LogP contribution >= 0.6 is 11.8 Å². The number of amides is 1. The number of carbonyl (C=O) groups is 1. The summed E-state index contributed by atoms with van der Waals surface area (Å²) in [5.41, 5.74) is 1.51. The molecule has 1 N–H and O–H groups in total. The lowest BCUT2D eigenvalue weighted by atomic mass is 10.1. The van der Waals surface area contributed by atoms with Crippen LogP contribution in [0.3, 0.4) is 0 Å². The van der Waals surface area contributed by atoms with E-state index >= 15 is 0 Å². The maximum Gasteiger partial charge on any atom is 0.287 e. The molecular weight excluding hydrogens is 412 g/mol. The van der Waals surface area contributed by atoms with Gasteiger partial charge in [-0.2, -0.15) is 5.10 Å². The lowest BCUT2D eigenvalue weighted by molar-refractivity contribution is 0.0926. The number of rotatable bonds is 6. The minimum atomic E-state index is -0.235. The van der Waals surface area contributed by atoms with E-state index in [2.05, 4.69) is 20.3 Å². The van der Waals surface area contributed by atoms with Gasteiger partial charge in [0.15, 0.2) is 16.6 Å². The molecule has 1 aliphatic rings. The van der Waals surface area contributed by atoms with E-state index in [4.69, 9.17) is 9.40 Å². The summed E-state index contributed by atoms with van der Waals surface area (Å²) in [6, 6.07) is 9.35. The van der Waals surface area contributed by atoms with Gasteiger partial charge >= 0.3 is 0 Å². The van der Waals surface area contributed by atoms with E-state index < -0.39 is 0 Å². The monoisotopic (exact) mass is 436 g/mol. The van der Waals surface area contributed by atoms with Gasteiger partial charge in [-0.3, -0.25) is 4.79 Å². The largest absolute Gasteiger partial charge is 0.451 e. The molecule has 1 aromatic carbocycles. The van der Waals surface area contributed by atoms with Crippen molar-refractivity contribution in [3.05, 3.63) is 42.3 Å². The van der Waals surface area contributed by atoms with Crippen LogP contribution in [-0.4, -0.2) is 51.5 Å². The average molecular weight is 437 g/mol. The van der Waals surface area contributed by atoms with Gasteiger partial charge in [-0.05, 0) is 37.7 Å². The smallest absolute Gasteiger partial charge is 0.287 e. The predicted molar refractivity (Wildman–Crippen MR) is 122 cm³/mol. The number of aromatic nitrogens is 4. The molecule has 5 rings (SSSR count). The predicted octanol–water partition coefficient (Wildman–Crippen LogP) is 3.71. The molecule has 1 fully saturated rings. The fourth-order valence-corrected chi connectivity index (χ4v) is 4.33. The van der Waals surface area contributed by atoms with Crippen molar-refractivity contribution >= 4 is 45.5 Å². The average Bonchev–Trinajstić information content (AvgIpc) is 3.43. The normalized spacial score (nSPS) is 14.4. The van der Waals surface area contributed by atoms with Gasteiger partial charge in [0, 0.05) is 25.0 Å². The molecule has 4 heterocycles. The van der Waals surface area contributed by atoms with Crippen LogP contribution in [0.15, 0.2) is 46.1 Å². The number of nitrogens with zero attached hydrogens (tertiary/aromatic N) is 5. The van der Waals surface area contributed by atoms with Crippen LogP contribution in [0.5, 0.6) is 0 Å². The maximum atomic E-state index is 12.5. The summed E-state index contributed by atoms with van der Waals surface area (Å²) in [6.45, 7) is 2.96. The summed E-state index contributed by atoms with van der Waals surface area (Å²) in [5, 5.41) is 10.1. The Morgan fingerprint density at radius 1 is 1.19 bits per heavy atom. The fourth-order valence-electron chi connectivity index (χ4n) is 3.98. The third-order valence-electron chi connectivity index (χ3n) is 5.55. The molecule has 0 bridgehead atoms. The van der Waals surface area contributed by atoms with E-state index in [-0.39, 0.29) is 5.91 Å². The molecule has 31 heavy (non-hydrogen) atoms. The first-order valence-corrected chi connectivity index (χ1v) is 11.7. The van der Waals surface area contributed by atoms with Gasteiger partial charge in [0.05, 0.1) is 18.1 Å². The molecule has 0 spiro atoms. The number of hydrogen-bond acceptors (Lipinski definition) is 7. The van der Waals surface area contributed by atoms with Gasteiger partial charge in [-0.25, -0.2) is 14.6 Å². The van der Waals surface area contributed by atoms with E-state index in [0.717, 1.165) is 40.5 Å². The molecule has 1 amide bonds. The molecule has 0 atom stereocenters. The second kappa shape index (κ2) is 8.58. The zero-order valence-corrected chi connectivity index (χ0v) is 18.2. The second-order valence-corrected chi connectivity index (χ2v) is 8.36. The zero-order chi connectivity index (χ0) is 21.2. The Morgan fingerprint density at radius 2 is 2.03 bits per heavy atom. The van der Waals surface area contributed by atoms with Gasteiger partial charge in [-0.1, -0.05) is 30.0 Å². The van der Waals surface area contributed by atoms with E-state index in [9.17, 15) is 4.79 Å². The molecule has 9 heteroatoms. The highest BCUT2D eigenvalue weighted by Crippen LogP contribution is 2.28. The Labute approximate surface area is 184 Å². The number of piperidine rings is 1. The number of furan rings is 1. The van der Waals surface area contributed by atoms with E-state index in [1.54, 1.807) is 6.07 Å². The van der Waals surface area contributed by atoms with Crippen LogP contribution in [0, 0.1) is 0 Å². The van der Waals surface area contributed by atoms with Gasteiger partial charge in [0.2, 0.25) is 0 Å². The van der Waals surface area contributed by atoms with E-state index in [1.165, 1.54) is 31.0 Å². The Bertz CT molecular complexity index is 1190. The quantitative estimate of drug-likeness (QED) is 0.364. The molecule has 0 saturated carbocycles. The highest BCUT2D eigenvalue weighted by Gasteiger charge is 2.20. The van der Waals surface area contributed by atoms with Crippen LogP contribution in [0.25, 0.3) is 22.0 Å². The van der Waals surface area contributed by atoms with Crippen molar-refractivity contribution in [3.63, 3.8) is 0 Å². The number of anilines is 1. The number of thioether (sulfide) groups is 1. The highest BCUT2D eigenvalue weighted by atomic mass is 32.2. The van der Waals surface area contributed by atoms with Crippen molar-refractivity contribution in [1.82, 2.24) is 25.1 Å². The Morgan fingerprint density at radius 3 is 2.84 bits per heavy atom. The van der Waals surface area contributed by atoms with Crippen molar-refractivity contribution in [2.75, 3.05) is 30.8 Å². The Balaban J connectivity index is 1.32. The molecule has 160 valence electrons. The number of nitrogens with one attached hydrogen (secondary N) is 1. The number of fused-ring (bicyclic) bond motifs is 2. The van der Waals surface area contributed by atoms with Crippen LogP contribution in [0.4, 0.5) is 5.82 Å². The first kappa shape index (κ1) is 19.9. The molecule has 1 aliphatic heterocycles. The second-order valence-electron chi connectivity index (χ2n) is 7.59. The van der Waals surface area contributed by atoms with Crippen LogP contribution in [-0.2, 0) is 6.54 Å². The summed E-state index contributed by atoms with van der Waals surface area (Å²) in [6.07, 6.45) is 7.45. The van der Waals surface area contributed by atoms with Crippen molar-refractivity contribution in [1.29, 1.82) is 0 Å². The number of para-hydroxylation sites is 1. The van der Waals surface area contributed by atoms with Crippen molar-refractivity contribution in [2.24, 2.45) is 0 Å². The lowest BCUT2D eigenvalue weighted by Crippen LogP contribution is -2.30. The fraction of sp³-hybridized carbons (Fsp3) is 0.364. The van der Waals surface area contributed by atoms with Crippen LogP contribution in [0.2, 0.25) is 0 Å². The molecule has 3 aromatic heterocycles. The van der Waals surface area contributed by atoms with E-state index in [0.29, 0.717) is 24.4 Å². The van der Waals surface area contributed by atoms with Crippen LogP contribution in [0.1, 0.15) is 29.8 Å². The maximum absolute atomic E-state index is 12.5. The topological polar surface area (TPSA) is 89.1 Å².